The van der Waals surface area contributed by atoms with Gasteiger partial charge in [-0.25, -0.2) is 9.59 Å². The topological polar surface area (TPSA) is 172 Å². The SMILES string of the molecule is CCCC1OC1C(=O)O.O=c1[nH]cc([N+](=O)[O-])c(=O)[nH]1.c1ccncc1. The molecule has 2 aromatic heterocycles. The quantitative estimate of drug-likeness (QED) is 0.403. The van der Waals surface area contributed by atoms with Crippen LogP contribution >= 0.6 is 0 Å². The standard InChI is InChI=1S/C6H10O3.C5H5N.C4H3N3O4/c1-2-3-4-5(9-4)6(7)8;1-2-4-6-5-3-1;8-3-2(7(10)11)1-5-4(9)6-3/h4-5H,2-3H2,1H3,(H,7,8);1-5H;1H,(H2,5,6,8,9). The minimum absolute atomic E-state index is 0.00694. The Morgan fingerprint density at radius 2 is 2.00 bits per heavy atom. The largest absolute Gasteiger partial charge is 0.479 e. The monoisotopic (exact) mass is 366 g/mol. The van der Waals surface area contributed by atoms with E-state index in [1.807, 2.05) is 30.1 Å². The normalized spacial score (nSPS) is 17.0. The van der Waals surface area contributed by atoms with Gasteiger partial charge in [-0.1, -0.05) is 19.4 Å². The van der Waals surface area contributed by atoms with Gasteiger partial charge in [0.2, 0.25) is 0 Å². The summed E-state index contributed by atoms with van der Waals surface area (Å²) in [5.74, 6) is -0.826. The van der Waals surface area contributed by atoms with Gasteiger partial charge in [0.25, 0.3) is 0 Å². The van der Waals surface area contributed by atoms with Crippen LogP contribution in [0.25, 0.3) is 0 Å². The van der Waals surface area contributed by atoms with Crippen LogP contribution in [0, 0.1) is 10.1 Å². The molecule has 0 bridgehead atoms. The molecule has 0 saturated carbocycles. The lowest BCUT2D eigenvalue weighted by Gasteiger charge is -1.85. The molecule has 3 N–H and O–H groups in total. The molecule has 26 heavy (non-hydrogen) atoms. The fourth-order valence-corrected chi connectivity index (χ4v) is 1.72. The van der Waals surface area contributed by atoms with Crippen molar-refractivity contribution in [2.45, 2.75) is 32.0 Å². The van der Waals surface area contributed by atoms with Crippen molar-refractivity contribution in [3.63, 3.8) is 0 Å². The van der Waals surface area contributed by atoms with E-state index >= 15 is 0 Å². The number of carbonyl (C=O) groups is 1. The average molecular weight is 366 g/mol. The minimum atomic E-state index is -1.00. The molecule has 0 aromatic carbocycles. The van der Waals surface area contributed by atoms with Gasteiger partial charge in [-0.05, 0) is 18.6 Å². The number of carboxylic acid groups (broad SMARTS) is 1. The zero-order valence-corrected chi connectivity index (χ0v) is 13.8. The van der Waals surface area contributed by atoms with Crippen LogP contribution in [0.4, 0.5) is 5.69 Å². The summed E-state index contributed by atoms with van der Waals surface area (Å²) in [5, 5.41) is 18.3. The molecule has 0 radical (unpaired) electrons. The highest BCUT2D eigenvalue weighted by atomic mass is 16.6. The third-order valence-electron chi connectivity index (χ3n) is 2.96. The molecule has 3 heterocycles. The highest BCUT2D eigenvalue weighted by Crippen LogP contribution is 2.26. The number of hydrogen-bond acceptors (Lipinski definition) is 7. The van der Waals surface area contributed by atoms with E-state index in [4.69, 9.17) is 9.84 Å². The van der Waals surface area contributed by atoms with Gasteiger partial charge < -0.3 is 14.8 Å². The number of hydrogen-bond donors (Lipinski definition) is 3. The van der Waals surface area contributed by atoms with Gasteiger partial charge in [-0.3, -0.25) is 24.9 Å². The molecule has 1 saturated heterocycles. The molecule has 1 fully saturated rings. The van der Waals surface area contributed by atoms with Crippen molar-refractivity contribution in [3.05, 3.63) is 67.7 Å². The molecule has 1 aliphatic rings. The molecule has 0 spiro atoms. The van der Waals surface area contributed by atoms with Gasteiger partial charge in [0.05, 0.1) is 17.2 Å². The van der Waals surface area contributed by atoms with E-state index in [0.29, 0.717) is 0 Å². The number of nitrogens with zero attached hydrogens (tertiary/aromatic N) is 2. The second kappa shape index (κ2) is 10.5. The van der Waals surface area contributed by atoms with E-state index < -0.39 is 33.9 Å². The van der Waals surface area contributed by atoms with Gasteiger partial charge in [-0.2, -0.15) is 0 Å². The number of ether oxygens (including phenoxy) is 1. The predicted octanol–water partition coefficient (Wildman–Crippen LogP) is 0.692. The van der Waals surface area contributed by atoms with E-state index in [0.717, 1.165) is 19.0 Å². The first kappa shape index (κ1) is 20.7. The van der Waals surface area contributed by atoms with E-state index in [1.165, 1.54) is 0 Å². The number of epoxide rings is 1. The Kier molecular flexibility index (Phi) is 8.37. The highest BCUT2D eigenvalue weighted by molar-refractivity contribution is 5.75. The van der Waals surface area contributed by atoms with Gasteiger partial charge in [0.1, 0.15) is 0 Å². The summed E-state index contributed by atoms with van der Waals surface area (Å²) in [6.07, 6.45) is 5.63. The maximum Gasteiger partial charge on any atom is 0.349 e. The molecule has 2 aromatic rings. The number of aromatic nitrogens is 3. The summed E-state index contributed by atoms with van der Waals surface area (Å²) >= 11 is 0. The molecule has 11 nitrogen and oxygen atoms in total. The zero-order valence-electron chi connectivity index (χ0n) is 13.8. The number of aliphatic carboxylic acids is 1. The summed E-state index contributed by atoms with van der Waals surface area (Å²) in [5.41, 5.74) is -2.44. The zero-order chi connectivity index (χ0) is 19.5. The van der Waals surface area contributed by atoms with Crippen LogP contribution in [0.3, 0.4) is 0 Å². The van der Waals surface area contributed by atoms with Crippen molar-refractivity contribution in [3.8, 4) is 0 Å². The Bertz CT molecular complexity index is 792. The van der Waals surface area contributed by atoms with Crippen molar-refractivity contribution in [1.29, 1.82) is 0 Å². The third-order valence-corrected chi connectivity index (χ3v) is 2.96. The Hall–Kier alpha value is -3.34. The van der Waals surface area contributed by atoms with Gasteiger partial charge in [0, 0.05) is 12.4 Å². The summed E-state index contributed by atoms with van der Waals surface area (Å²) in [6.45, 7) is 2.01. The highest BCUT2D eigenvalue weighted by Gasteiger charge is 2.44. The number of pyridine rings is 1. The Morgan fingerprint density at radius 1 is 1.35 bits per heavy atom. The first-order valence-electron chi connectivity index (χ1n) is 7.56. The molecular weight excluding hydrogens is 348 g/mol. The number of nitro groups is 1. The Morgan fingerprint density at radius 3 is 2.35 bits per heavy atom. The maximum absolute atomic E-state index is 10.6. The summed E-state index contributed by atoms with van der Waals surface area (Å²) in [4.78, 5) is 47.6. The van der Waals surface area contributed by atoms with Gasteiger partial charge in [0.15, 0.2) is 6.10 Å². The Balaban J connectivity index is 0.000000203. The maximum atomic E-state index is 10.6. The van der Waals surface area contributed by atoms with Crippen LogP contribution in [0.5, 0.6) is 0 Å². The fourth-order valence-electron chi connectivity index (χ4n) is 1.72. The van der Waals surface area contributed by atoms with Crippen molar-refractivity contribution in [2.24, 2.45) is 0 Å². The molecule has 0 amide bonds. The molecule has 2 atom stereocenters. The number of H-pyrrole nitrogens is 2. The van der Waals surface area contributed by atoms with Gasteiger partial charge >= 0.3 is 22.9 Å². The van der Waals surface area contributed by atoms with Crippen LogP contribution in [-0.2, 0) is 9.53 Å². The predicted molar refractivity (Wildman–Crippen MR) is 89.8 cm³/mol. The Labute approximate surface area is 146 Å². The van der Waals surface area contributed by atoms with E-state index in [9.17, 15) is 24.5 Å². The molecular formula is C15H18N4O7. The molecule has 1 aliphatic heterocycles. The summed E-state index contributed by atoms with van der Waals surface area (Å²) in [6, 6.07) is 5.72. The summed E-state index contributed by atoms with van der Waals surface area (Å²) < 4.78 is 4.82. The van der Waals surface area contributed by atoms with Crippen LogP contribution in [-0.4, -0.2) is 43.2 Å². The lowest BCUT2D eigenvalue weighted by Crippen LogP contribution is -2.23. The van der Waals surface area contributed by atoms with Crippen molar-refractivity contribution in [1.82, 2.24) is 15.0 Å². The fraction of sp³-hybridized carbons (Fsp3) is 0.333. The second-order valence-corrected chi connectivity index (χ2v) is 4.96. The summed E-state index contributed by atoms with van der Waals surface area (Å²) in [7, 11) is 0. The second-order valence-electron chi connectivity index (χ2n) is 4.96. The first-order chi connectivity index (χ1) is 12.4. The number of aromatic amines is 2. The lowest BCUT2D eigenvalue weighted by molar-refractivity contribution is -0.386. The molecule has 0 aliphatic carbocycles. The van der Waals surface area contributed by atoms with E-state index in [-0.39, 0.29) is 6.10 Å². The number of rotatable bonds is 4. The molecule has 11 heteroatoms. The molecule has 140 valence electrons. The average Bonchev–Trinajstić information content (AvgIpc) is 3.37. The third kappa shape index (κ3) is 7.49. The van der Waals surface area contributed by atoms with Crippen molar-refractivity contribution < 1.29 is 19.6 Å². The van der Waals surface area contributed by atoms with Crippen molar-refractivity contribution in [2.75, 3.05) is 0 Å². The number of nitrogens with one attached hydrogen (secondary N) is 2. The first-order valence-corrected chi connectivity index (χ1v) is 7.56. The van der Waals surface area contributed by atoms with Crippen molar-refractivity contribution >= 4 is 11.7 Å². The smallest absolute Gasteiger partial charge is 0.349 e. The number of carboxylic acids is 1. The van der Waals surface area contributed by atoms with Crippen LogP contribution in [0.15, 0.2) is 46.4 Å². The van der Waals surface area contributed by atoms with Crippen LogP contribution < -0.4 is 11.2 Å². The van der Waals surface area contributed by atoms with Crippen LogP contribution in [0.1, 0.15) is 19.8 Å². The van der Waals surface area contributed by atoms with E-state index in [2.05, 4.69) is 4.98 Å². The van der Waals surface area contributed by atoms with Crippen LogP contribution in [0.2, 0.25) is 0 Å². The lowest BCUT2D eigenvalue weighted by atomic mass is 10.2. The van der Waals surface area contributed by atoms with E-state index in [1.54, 1.807) is 17.4 Å². The van der Waals surface area contributed by atoms with Gasteiger partial charge in [-0.15, -0.1) is 0 Å². The minimum Gasteiger partial charge on any atom is -0.479 e. The molecule has 3 rings (SSSR count). The molecule has 2 unspecified atom stereocenters.